The van der Waals surface area contributed by atoms with E-state index in [2.05, 4.69) is 10.3 Å². The monoisotopic (exact) mass is 276 g/mol. The molecule has 2 aromatic rings. The van der Waals surface area contributed by atoms with Crippen LogP contribution >= 0.6 is 11.6 Å². The van der Waals surface area contributed by atoms with Gasteiger partial charge in [-0.2, -0.15) is 0 Å². The summed E-state index contributed by atoms with van der Waals surface area (Å²) in [6.45, 7) is 0. The molecule has 1 aromatic heterocycles. The number of methoxy groups -OCH3 is 1. The minimum Gasteiger partial charge on any atom is -0.497 e. The SMILES string of the molecule is COc1ccc(CC(=O)Nc2ccnc(Cl)c2)cc1. The fraction of sp³-hybridized carbons (Fsp3) is 0.143. The molecule has 5 heteroatoms. The zero-order valence-electron chi connectivity index (χ0n) is 10.4. The summed E-state index contributed by atoms with van der Waals surface area (Å²) in [4.78, 5) is 15.7. The minimum absolute atomic E-state index is 0.104. The average Bonchev–Trinajstić information content (AvgIpc) is 2.39. The molecule has 0 radical (unpaired) electrons. The Kier molecular flexibility index (Phi) is 4.36. The molecule has 0 atom stereocenters. The molecule has 0 fully saturated rings. The van der Waals surface area contributed by atoms with Gasteiger partial charge in [0.2, 0.25) is 5.91 Å². The number of benzene rings is 1. The maximum absolute atomic E-state index is 11.8. The number of carbonyl (C=O) groups is 1. The Balaban J connectivity index is 1.97. The lowest BCUT2D eigenvalue weighted by Crippen LogP contribution is -2.14. The van der Waals surface area contributed by atoms with Gasteiger partial charge in [0.15, 0.2) is 0 Å². The highest BCUT2D eigenvalue weighted by atomic mass is 35.5. The molecule has 1 N–H and O–H groups in total. The van der Waals surface area contributed by atoms with E-state index in [0.29, 0.717) is 17.3 Å². The van der Waals surface area contributed by atoms with Gasteiger partial charge in [0.05, 0.1) is 13.5 Å². The summed E-state index contributed by atoms with van der Waals surface area (Å²) in [6.07, 6.45) is 1.84. The Bertz CT molecular complexity index is 570. The average molecular weight is 277 g/mol. The number of hydrogen-bond donors (Lipinski definition) is 1. The molecule has 1 amide bonds. The third kappa shape index (κ3) is 3.96. The van der Waals surface area contributed by atoms with Crippen LogP contribution in [0.25, 0.3) is 0 Å². The molecular formula is C14H13ClN2O2. The lowest BCUT2D eigenvalue weighted by molar-refractivity contribution is -0.115. The number of pyridine rings is 1. The molecule has 0 aliphatic carbocycles. The van der Waals surface area contributed by atoms with Crippen LogP contribution in [0.15, 0.2) is 42.6 Å². The lowest BCUT2D eigenvalue weighted by atomic mass is 10.1. The molecule has 0 unspecified atom stereocenters. The molecule has 0 bridgehead atoms. The molecule has 19 heavy (non-hydrogen) atoms. The van der Waals surface area contributed by atoms with Crippen LogP contribution in [0.2, 0.25) is 5.15 Å². The summed E-state index contributed by atoms with van der Waals surface area (Å²) in [6, 6.07) is 10.7. The Hall–Kier alpha value is -2.07. The zero-order chi connectivity index (χ0) is 13.7. The van der Waals surface area contributed by atoms with Crippen molar-refractivity contribution in [1.82, 2.24) is 4.98 Å². The van der Waals surface area contributed by atoms with Crippen molar-refractivity contribution in [1.29, 1.82) is 0 Å². The fourth-order valence-corrected chi connectivity index (χ4v) is 1.79. The normalized spacial score (nSPS) is 10.0. The van der Waals surface area contributed by atoms with Crippen molar-refractivity contribution < 1.29 is 9.53 Å². The number of ether oxygens (including phenoxy) is 1. The Labute approximate surface area is 116 Å². The number of anilines is 1. The number of rotatable bonds is 4. The highest BCUT2D eigenvalue weighted by Gasteiger charge is 2.05. The first kappa shape index (κ1) is 13.4. The van der Waals surface area contributed by atoms with E-state index >= 15 is 0 Å². The number of hydrogen-bond acceptors (Lipinski definition) is 3. The molecule has 98 valence electrons. The molecule has 0 spiro atoms. The van der Waals surface area contributed by atoms with Crippen LogP contribution < -0.4 is 10.1 Å². The zero-order valence-corrected chi connectivity index (χ0v) is 11.1. The summed E-state index contributed by atoms with van der Waals surface area (Å²) < 4.78 is 5.06. The molecule has 2 rings (SSSR count). The second-order valence-electron chi connectivity index (χ2n) is 3.94. The van der Waals surface area contributed by atoms with Gasteiger partial charge in [-0.25, -0.2) is 4.98 Å². The van der Waals surface area contributed by atoms with Gasteiger partial charge >= 0.3 is 0 Å². The number of nitrogens with one attached hydrogen (secondary N) is 1. The number of nitrogens with zero attached hydrogens (tertiary/aromatic N) is 1. The van der Waals surface area contributed by atoms with Crippen molar-refractivity contribution in [2.45, 2.75) is 6.42 Å². The van der Waals surface area contributed by atoms with E-state index in [0.717, 1.165) is 11.3 Å². The largest absolute Gasteiger partial charge is 0.497 e. The number of carbonyl (C=O) groups excluding carboxylic acids is 1. The topological polar surface area (TPSA) is 51.2 Å². The number of halogens is 1. The van der Waals surface area contributed by atoms with Gasteiger partial charge in [-0.3, -0.25) is 4.79 Å². The summed E-state index contributed by atoms with van der Waals surface area (Å²) in [7, 11) is 1.61. The van der Waals surface area contributed by atoms with E-state index in [4.69, 9.17) is 16.3 Å². The first-order valence-corrected chi connectivity index (χ1v) is 6.09. The quantitative estimate of drug-likeness (QED) is 0.874. The molecular weight excluding hydrogens is 264 g/mol. The fourth-order valence-electron chi connectivity index (χ4n) is 1.61. The van der Waals surface area contributed by atoms with Gasteiger partial charge in [-0.1, -0.05) is 23.7 Å². The van der Waals surface area contributed by atoms with Crippen LogP contribution in [0.5, 0.6) is 5.75 Å². The van der Waals surface area contributed by atoms with Crippen molar-refractivity contribution >= 4 is 23.2 Å². The summed E-state index contributed by atoms with van der Waals surface area (Å²) in [5.74, 6) is 0.664. The molecule has 0 aliphatic rings. The molecule has 0 saturated heterocycles. The molecule has 1 heterocycles. The van der Waals surface area contributed by atoms with E-state index in [1.165, 1.54) is 0 Å². The molecule has 0 saturated carbocycles. The summed E-state index contributed by atoms with van der Waals surface area (Å²) in [5.41, 5.74) is 1.55. The van der Waals surface area contributed by atoms with Gasteiger partial charge in [-0.05, 0) is 29.8 Å². The number of amides is 1. The smallest absolute Gasteiger partial charge is 0.228 e. The highest BCUT2D eigenvalue weighted by Crippen LogP contribution is 2.14. The van der Waals surface area contributed by atoms with E-state index < -0.39 is 0 Å². The lowest BCUT2D eigenvalue weighted by Gasteiger charge is -2.06. The van der Waals surface area contributed by atoms with Gasteiger partial charge in [0.1, 0.15) is 10.9 Å². The third-order valence-corrected chi connectivity index (χ3v) is 2.74. The summed E-state index contributed by atoms with van der Waals surface area (Å²) >= 11 is 5.75. The van der Waals surface area contributed by atoms with Crippen LogP contribution in [0.1, 0.15) is 5.56 Å². The molecule has 0 aliphatic heterocycles. The van der Waals surface area contributed by atoms with Crippen molar-refractivity contribution in [3.8, 4) is 5.75 Å². The van der Waals surface area contributed by atoms with Gasteiger partial charge in [0.25, 0.3) is 0 Å². The van der Waals surface area contributed by atoms with Crippen LogP contribution in [-0.4, -0.2) is 18.0 Å². The maximum Gasteiger partial charge on any atom is 0.228 e. The molecule has 4 nitrogen and oxygen atoms in total. The Morgan fingerprint density at radius 1 is 1.32 bits per heavy atom. The van der Waals surface area contributed by atoms with E-state index in [9.17, 15) is 4.79 Å². The van der Waals surface area contributed by atoms with Crippen molar-refractivity contribution in [3.05, 3.63) is 53.3 Å². The second-order valence-corrected chi connectivity index (χ2v) is 4.33. The highest BCUT2D eigenvalue weighted by molar-refractivity contribution is 6.29. The van der Waals surface area contributed by atoms with Crippen molar-refractivity contribution in [2.75, 3.05) is 12.4 Å². The second kappa shape index (κ2) is 6.20. The number of aromatic nitrogens is 1. The third-order valence-electron chi connectivity index (χ3n) is 2.53. The molecule has 1 aromatic carbocycles. The van der Waals surface area contributed by atoms with E-state index in [-0.39, 0.29) is 5.91 Å². The first-order chi connectivity index (χ1) is 9.17. The van der Waals surface area contributed by atoms with Gasteiger partial charge in [0, 0.05) is 11.9 Å². The minimum atomic E-state index is -0.104. The van der Waals surface area contributed by atoms with E-state index in [1.807, 2.05) is 24.3 Å². The Morgan fingerprint density at radius 2 is 2.05 bits per heavy atom. The van der Waals surface area contributed by atoms with Crippen LogP contribution in [0, 0.1) is 0 Å². The van der Waals surface area contributed by atoms with Crippen LogP contribution in [0.3, 0.4) is 0 Å². The summed E-state index contributed by atoms with van der Waals surface area (Å²) in [5, 5.41) is 3.11. The first-order valence-electron chi connectivity index (χ1n) is 5.72. The standard InChI is InChI=1S/C14H13ClN2O2/c1-19-12-4-2-10(3-5-12)8-14(18)17-11-6-7-16-13(15)9-11/h2-7,9H,8H2,1H3,(H,16,17,18). The van der Waals surface area contributed by atoms with Crippen molar-refractivity contribution in [3.63, 3.8) is 0 Å². The van der Waals surface area contributed by atoms with Crippen LogP contribution in [0.4, 0.5) is 5.69 Å². The predicted octanol–water partition coefficient (Wildman–Crippen LogP) is 2.92. The predicted molar refractivity (Wildman–Crippen MR) is 74.6 cm³/mol. The van der Waals surface area contributed by atoms with Gasteiger partial charge in [-0.15, -0.1) is 0 Å². The maximum atomic E-state index is 11.8. The Morgan fingerprint density at radius 3 is 2.68 bits per heavy atom. The van der Waals surface area contributed by atoms with Crippen LogP contribution in [-0.2, 0) is 11.2 Å². The van der Waals surface area contributed by atoms with Crippen molar-refractivity contribution in [2.24, 2.45) is 0 Å². The van der Waals surface area contributed by atoms with E-state index in [1.54, 1.807) is 25.4 Å². The van der Waals surface area contributed by atoms with Gasteiger partial charge < -0.3 is 10.1 Å².